The predicted octanol–water partition coefficient (Wildman–Crippen LogP) is 3.23. The number of benzene rings is 1. The molecule has 0 radical (unpaired) electrons. The minimum atomic E-state index is -1.48. The minimum Gasteiger partial charge on any atom is -0.468 e. The van der Waals surface area contributed by atoms with Gasteiger partial charge in [-0.25, -0.2) is 0 Å². The fourth-order valence-corrected chi connectivity index (χ4v) is 5.44. The number of hydrogen-bond donors (Lipinski definition) is 0. The maximum absolute atomic E-state index is 12.8. The van der Waals surface area contributed by atoms with Crippen LogP contribution in [-0.4, -0.2) is 26.2 Å². The van der Waals surface area contributed by atoms with Gasteiger partial charge in [-0.2, -0.15) is 5.26 Å². The van der Waals surface area contributed by atoms with Crippen molar-refractivity contribution < 1.29 is 19.1 Å². The summed E-state index contributed by atoms with van der Waals surface area (Å²) >= 11 is 3.54. The number of hydrogen-bond acceptors (Lipinski definition) is 5. The number of nitriles is 1. The van der Waals surface area contributed by atoms with Crippen LogP contribution in [0.25, 0.3) is 5.57 Å². The quantitative estimate of drug-likeness (QED) is 0.571. The van der Waals surface area contributed by atoms with Crippen molar-refractivity contribution in [1.82, 2.24) is 0 Å². The number of halogens is 1. The van der Waals surface area contributed by atoms with Gasteiger partial charge >= 0.3 is 11.9 Å². The van der Waals surface area contributed by atoms with Crippen LogP contribution in [-0.2, 0) is 24.5 Å². The van der Waals surface area contributed by atoms with E-state index in [2.05, 4.69) is 22.0 Å². The van der Waals surface area contributed by atoms with E-state index in [0.717, 1.165) is 15.6 Å². The first-order valence-electron chi connectivity index (χ1n) is 7.93. The van der Waals surface area contributed by atoms with Gasteiger partial charge in [0.2, 0.25) is 0 Å². The second kappa shape index (κ2) is 5.70. The molecule has 0 saturated heterocycles. The summed E-state index contributed by atoms with van der Waals surface area (Å²) in [7, 11) is 2.53. The van der Waals surface area contributed by atoms with E-state index in [-0.39, 0.29) is 11.8 Å². The fourth-order valence-electron chi connectivity index (χ4n) is 4.74. The second-order valence-electron chi connectivity index (χ2n) is 6.71. The summed E-state index contributed by atoms with van der Waals surface area (Å²) < 4.78 is 10.8. The molecule has 1 fully saturated rings. The Bertz CT molecular complexity index is 835. The molecule has 2 aliphatic rings. The molecule has 25 heavy (non-hydrogen) atoms. The molecule has 0 aromatic heterocycles. The van der Waals surface area contributed by atoms with Crippen LogP contribution >= 0.6 is 15.9 Å². The molecule has 6 heteroatoms. The zero-order valence-corrected chi connectivity index (χ0v) is 16.0. The lowest BCUT2D eigenvalue weighted by Gasteiger charge is -2.19. The van der Waals surface area contributed by atoms with Crippen molar-refractivity contribution in [3.8, 4) is 6.07 Å². The van der Waals surface area contributed by atoms with Crippen molar-refractivity contribution in [3.63, 3.8) is 0 Å². The van der Waals surface area contributed by atoms with Crippen LogP contribution in [0.1, 0.15) is 25.0 Å². The number of allylic oxidation sites excluding steroid dienone is 2. The third kappa shape index (κ3) is 1.87. The third-order valence-corrected chi connectivity index (χ3v) is 6.08. The molecule has 0 amide bonds. The Hall–Kier alpha value is -2.13. The topological polar surface area (TPSA) is 76.4 Å². The standard InChI is InChI=1S/C19H18BrNO4/c1-10(2)15-18(19(15,16(22)24-3)17(23)25-4)8-11(9-21)12-6-5-7-13(20)14(12)18/h5-8,10,15H,1-4H3/t15-,18-/m0/s1. The van der Waals surface area contributed by atoms with Crippen molar-refractivity contribution in [2.24, 2.45) is 17.3 Å². The number of esters is 2. The maximum Gasteiger partial charge on any atom is 0.324 e. The molecular weight excluding hydrogens is 386 g/mol. The largest absolute Gasteiger partial charge is 0.468 e. The Morgan fingerprint density at radius 1 is 1.24 bits per heavy atom. The van der Waals surface area contributed by atoms with Crippen LogP contribution in [0.3, 0.4) is 0 Å². The van der Waals surface area contributed by atoms with Crippen molar-refractivity contribution in [2.75, 3.05) is 14.2 Å². The summed E-state index contributed by atoms with van der Waals surface area (Å²) in [5, 5.41) is 9.58. The molecule has 0 N–H and O–H groups in total. The van der Waals surface area contributed by atoms with Crippen molar-refractivity contribution >= 4 is 33.4 Å². The monoisotopic (exact) mass is 403 g/mol. The molecule has 130 valence electrons. The van der Waals surface area contributed by atoms with Gasteiger partial charge in [-0.05, 0) is 23.1 Å². The molecule has 0 heterocycles. The first kappa shape index (κ1) is 17.7. The third-order valence-electron chi connectivity index (χ3n) is 5.42. The highest BCUT2D eigenvalue weighted by Gasteiger charge is 2.87. The summed E-state index contributed by atoms with van der Waals surface area (Å²) in [5.74, 6) is -1.62. The molecule has 2 atom stereocenters. The maximum atomic E-state index is 12.8. The van der Waals surface area contributed by atoms with Crippen LogP contribution in [0, 0.1) is 28.6 Å². The van der Waals surface area contributed by atoms with Crippen LogP contribution in [0.15, 0.2) is 28.7 Å². The van der Waals surface area contributed by atoms with E-state index >= 15 is 0 Å². The van der Waals surface area contributed by atoms with Gasteiger partial charge in [0, 0.05) is 15.8 Å². The molecule has 0 aliphatic heterocycles. The molecule has 5 nitrogen and oxygen atoms in total. The number of nitrogens with zero attached hydrogens (tertiary/aromatic N) is 1. The number of ether oxygens (including phenoxy) is 2. The predicted molar refractivity (Wildman–Crippen MR) is 94.2 cm³/mol. The van der Waals surface area contributed by atoms with Gasteiger partial charge in [-0.3, -0.25) is 9.59 Å². The second-order valence-corrected chi connectivity index (χ2v) is 7.57. The van der Waals surface area contributed by atoms with E-state index in [1.54, 1.807) is 6.08 Å². The summed E-state index contributed by atoms with van der Waals surface area (Å²) in [6.45, 7) is 3.91. The van der Waals surface area contributed by atoms with Gasteiger partial charge in [0.15, 0.2) is 5.41 Å². The smallest absolute Gasteiger partial charge is 0.324 e. The van der Waals surface area contributed by atoms with Crippen LogP contribution < -0.4 is 0 Å². The van der Waals surface area contributed by atoms with Gasteiger partial charge in [-0.1, -0.05) is 48.0 Å². The Morgan fingerprint density at radius 3 is 2.32 bits per heavy atom. The van der Waals surface area contributed by atoms with E-state index in [9.17, 15) is 14.9 Å². The normalized spacial score (nSPS) is 25.2. The van der Waals surface area contributed by atoms with Gasteiger partial charge in [-0.15, -0.1) is 0 Å². The summed E-state index contributed by atoms with van der Waals surface area (Å²) in [4.78, 5) is 25.7. The molecule has 0 unspecified atom stereocenters. The molecular formula is C19H18BrNO4. The lowest BCUT2D eigenvalue weighted by molar-refractivity contribution is -0.163. The van der Waals surface area contributed by atoms with Crippen molar-refractivity contribution in [1.29, 1.82) is 5.26 Å². The molecule has 1 spiro atoms. The molecule has 2 aliphatic carbocycles. The number of fused-ring (bicyclic) bond motifs is 2. The summed E-state index contributed by atoms with van der Waals surface area (Å²) in [6.07, 6.45) is 1.75. The Kier molecular flexibility index (Phi) is 4.03. The molecule has 1 saturated carbocycles. The molecule has 0 bridgehead atoms. The van der Waals surface area contributed by atoms with E-state index in [0.29, 0.717) is 5.57 Å². The van der Waals surface area contributed by atoms with Gasteiger partial charge in [0.25, 0.3) is 0 Å². The Morgan fingerprint density at radius 2 is 1.84 bits per heavy atom. The van der Waals surface area contributed by atoms with Gasteiger partial charge in [0.1, 0.15) is 0 Å². The lowest BCUT2D eigenvalue weighted by atomic mass is 9.87. The van der Waals surface area contributed by atoms with E-state index in [1.807, 2.05) is 32.0 Å². The zero-order valence-electron chi connectivity index (χ0n) is 14.4. The fraction of sp³-hybridized carbons (Fsp3) is 0.421. The first-order chi connectivity index (χ1) is 11.8. The van der Waals surface area contributed by atoms with Crippen LogP contribution in [0.4, 0.5) is 0 Å². The minimum absolute atomic E-state index is 0.00699. The van der Waals surface area contributed by atoms with Crippen LogP contribution in [0.5, 0.6) is 0 Å². The average molecular weight is 404 g/mol. The molecule has 1 aromatic rings. The zero-order chi connectivity index (χ0) is 18.6. The highest BCUT2D eigenvalue weighted by Crippen LogP contribution is 2.77. The number of carbonyl (C=O) groups excluding carboxylic acids is 2. The Labute approximate surface area is 154 Å². The van der Waals surface area contributed by atoms with E-state index in [1.165, 1.54) is 14.2 Å². The first-order valence-corrected chi connectivity index (χ1v) is 8.73. The van der Waals surface area contributed by atoms with Gasteiger partial charge in [0.05, 0.1) is 25.9 Å². The van der Waals surface area contributed by atoms with E-state index < -0.39 is 22.8 Å². The highest BCUT2D eigenvalue weighted by molar-refractivity contribution is 9.10. The van der Waals surface area contributed by atoms with Crippen LogP contribution in [0.2, 0.25) is 0 Å². The number of rotatable bonds is 3. The average Bonchev–Trinajstić information content (AvgIpc) is 3.07. The summed E-state index contributed by atoms with van der Waals surface area (Å²) in [6, 6.07) is 7.70. The molecule has 1 aromatic carbocycles. The number of carbonyl (C=O) groups is 2. The highest BCUT2D eigenvalue weighted by atomic mass is 79.9. The van der Waals surface area contributed by atoms with Crippen molar-refractivity contribution in [3.05, 3.63) is 39.9 Å². The number of methoxy groups -OCH3 is 2. The summed E-state index contributed by atoms with van der Waals surface area (Å²) in [5.41, 5.74) is -0.459. The Balaban J connectivity index is 2.39. The lowest BCUT2D eigenvalue weighted by Crippen LogP contribution is -2.36. The molecule has 3 rings (SSSR count). The van der Waals surface area contributed by atoms with Gasteiger partial charge < -0.3 is 9.47 Å². The van der Waals surface area contributed by atoms with Crippen molar-refractivity contribution in [2.45, 2.75) is 19.3 Å². The SMILES string of the molecule is COC(=O)C1(C(=O)OC)[C@@H](C(C)C)[C@@]12C=C(C#N)c1cccc(Br)c12. The van der Waals surface area contributed by atoms with E-state index in [4.69, 9.17) is 9.47 Å².